The number of halogens is 3. The first kappa shape index (κ1) is 17.2. The summed E-state index contributed by atoms with van der Waals surface area (Å²) in [5.74, 6) is -1.02. The van der Waals surface area contributed by atoms with Crippen molar-refractivity contribution in [3.8, 4) is 0 Å². The highest BCUT2D eigenvalue weighted by atomic mass is 19.4. The van der Waals surface area contributed by atoms with Crippen LogP contribution in [-0.2, 0) is 4.79 Å². The number of rotatable bonds is 9. The molecule has 0 aliphatic heterocycles. The van der Waals surface area contributed by atoms with Crippen LogP contribution in [0, 0.1) is 0 Å². The van der Waals surface area contributed by atoms with E-state index >= 15 is 0 Å². The molecule has 0 heterocycles. The van der Waals surface area contributed by atoms with Gasteiger partial charge in [-0.2, -0.15) is 13.2 Å². The molecular weight excluding hydrogens is 249 g/mol. The number of carbonyl (C=O) groups is 1. The van der Waals surface area contributed by atoms with Crippen molar-refractivity contribution in [2.45, 2.75) is 38.9 Å². The molecule has 0 aromatic heterocycles. The molecule has 1 unspecified atom stereocenters. The van der Waals surface area contributed by atoms with E-state index in [-0.39, 0.29) is 19.5 Å². The van der Waals surface area contributed by atoms with Crippen molar-refractivity contribution in [1.29, 1.82) is 0 Å². The predicted octanol–water partition coefficient (Wildman–Crippen LogP) is 1.71. The van der Waals surface area contributed by atoms with Crippen molar-refractivity contribution in [3.05, 3.63) is 0 Å². The van der Waals surface area contributed by atoms with Crippen LogP contribution in [0.3, 0.4) is 0 Å². The molecule has 0 aliphatic carbocycles. The van der Waals surface area contributed by atoms with Crippen LogP contribution in [0.4, 0.5) is 13.2 Å². The van der Waals surface area contributed by atoms with E-state index in [4.69, 9.17) is 5.11 Å². The maximum atomic E-state index is 12.2. The number of nitrogens with one attached hydrogen (secondary N) is 1. The molecule has 0 bridgehead atoms. The Balaban J connectivity index is 4.17. The van der Waals surface area contributed by atoms with Crippen molar-refractivity contribution in [3.63, 3.8) is 0 Å². The Morgan fingerprint density at radius 3 is 2.39 bits per heavy atom. The molecular formula is C11H21F3N2O2. The molecule has 0 aliphatic rings. The summed E-state index contributed by atoms with van der Waals surface area (Å²) >= 11 is 0. The summed E-state index contributed by atoms with van der Waals surface area (Å²) in [5.41, 5.74) is 0. The standard InChI is InChI=1S/C11H21F3N2O2/c1-3-6-15-9(10(17)18)5-7-16(4-2)8-11(12,13)14/h9,15H,3-8H2,1-2H3,(H,17,18). The summed E-state index contributed by atoms with van der Waals surface area (Å²) < 4.78 is 36.6. The Hall–Kier alpha value is -0.820. The van der Waals surface area contributed by atoms with E-state index in [1.165, 1.54) is 4.90 Å². The molecule has 0 fully saturated rings. The van der Waals surface area contributed by atoms with Gasteiger partial charge < -0.3 is 10.4 Å². The lowest BCUT2D eigenvalue weighted by Crippen LogP contribution is -2.42. The highest BCUT2D eigenvalue weighted by Crippen LogP contribution is 2.16. The lowest BCUT2D eigenvalue weighted by Gasteiger charge is -2.23. The van der Waals surface area contributed by atoms with E-state index < -0.39 is 24.7 Å². The zero-order chi connectivity index (χ0) is 14.2. The van der Waals surface area contributed by atoms with Gasteiger partial charge in [0.25, 0.3) is 0 Å². The number of carboxylic acids is 1. The van der Waals surface area contributed by atoms with Crippen molar-refractivity contribution in [2.24, 2.45) is 0 Å². The molecule has 0 rings (SSSR count). The smallest absolute Gasteiger partial charge is 0.401 e. The first-order valence-electron chi connectivity index (χ1n) is 6.05. The number of nitrogens with zero attached hydrogens (tertiary/aromatic N) is 1. The van der Waals surface area contributed by atoms with Gasteiger partial charge in [-0.15, -0.1) is 0 Å². The number of aliphatic carboxylic acids is 1. The van der Waals surface area contributed by atoms with E-state index in [1.807, 2.05) is 6.92 Å². The van der Waals surface area contributed by atoms with Gasteiger partial charge in [-0.1, -0.05) is 13.8 Å². The third-order valence-electron chi connectivity index (χ3n) is 2.52. The summed E-state index contributed by atoms with van der Waals surface area (Å²) in [6.45, 7) is 3.43. The minimum atomic E-state index is -4.24. The maximum absolute atomic E-state index is 12.2. The molecule has 18 heavy (non-hydrogen) atoms. The molecule has 7 heteroatoms. The van der Waals surface area contributed by atoms with Crippen LogP contribution in [0.5, 0.6) is 0 Å². The molecule has 0 amide bonds. The first-order valence-corrected chi connectivity index (χ1v) is 6.05. The van der Waals surface area contributed by atoms with Gasteiger partial charge in [0.15, 0.2) is 0 Å². The van der Waals surface area contributed by atoms with E-state index in [1.54, 1.807) is 6.92 Å². The Morgan fingerprint density at radius 1 is 1.39 bits per heavy atom. The van der Waals surface area contributed by atoms with E-state index in [9.17, 15) is 18.0 Å². The second-order valence-electron chi connectivity index (χ2n) is 4.12. The van der Waals surface area contributed by atoms with Crippen molar-refractivity contribution in [1.82, 2.24) is 10.2 Å². The van der Waals surface area contributed by atoms with E-state index in [2.05, 4.69) is 5.32 Å². The summed E-state index contributed by atoms with van der Waals surface area (Å²) in [7, 11) is 0. The quantitative estimate of drug-likeness (QED) is 0.670. The summed E-state index contributed by atoms with van der Waals surface area (Å²) in [5, 5.41) is 11.7. The van der Waals surface area contributed by atoms with Crippen LogP contribution >= 0.6 is 0 Å². The van der Waals surface area contributed by atoms with Crippen LogP contribution in [-0.4, -0.2) is 54.4 Å². The molecule has 108 valence electrons. The highest BCUT2D eigenvalue weighted by molar-refractivity contribution is 5.73. The molecule has 0 aromatic carbocycles. The van der Waals surface area contributed by atoms with Gasteiger partial charge in [0.1, 0.15) is 6.04 Å². The van der Waals surface area contributed by atoms with Crippen LogP contribution in [0.15, 0.2) is 0 Å². The molecule has 4 nitrogen and oxygen atoms in total. The van der Waals surface area contributed by atoms with Crippen LogP contribution in [0.2, 0.25) is 0 Å². The minimum absolute atomic E-state index is 0.115. The number of hydrogen-bond donors (Lipinski definition) is 2. The fourth-order valence-electron chi connectivity index (χ4n) is 1.55. The molecule has 2 N–H and O–H groups in total. The van der Waals surface area contributed by atoms with Crippen molar-refractivity contribution >= 4 is 5.97 Å². The molecule has 0 radical (unpaired) electrons. The Kier molecular flexibility index (Phi) is 7.93. The van der Waals surface area contributed by atoms with Gasteiger partial charge in [0, 0.05) is 6.54 Å². The lowest BCUT2D eigenvalue weighted by atomic mass is 10.2. The van der Waals surface area contributed by atoms with Crippen molar-refractivity contribution in [2.75, 3.05) is 26.2 Å². The van der Waals surface area contributed by atoms with Gasteiger partial charge in [0.2, 0.25) is 0 Å². The summed E-state index contributed by atoms with van der Waals surface area (Å²) in [4.78, 5) is 12.1. The number of hydrogen-bond acceptors (Lipinski definition) is 3. The second-order valence-corrected chi connectivity index (χ2v) is 4.12. The number of carboxylic acid groups (broad SMARTS) is 1. The molecule has 0 spiro atoms. The Bertz CT molecular complexity index is 247. The third kappa shape index (κ3) is 8.30. The zero-order valence-corrected chi connectivity index (χ0v) is 10.8. The van der Waals surface area contributed by atoms with Crippen molar-refractivity contribution < 1.29 is 23.1 Å². The van der Waals surface area contributed by atoms with Gasteiger partial charge in [-0.05, 0) is 25.9 Å². The first-order chi connectivity index (χ1) is 8.30. The lowest BCUT2D eigenvalue weighted by molar-refractivity contribution is -0.146. The third-order valence-corrected chi connectivity index (χ3v) is 2.52. The Morgan fingerprint density at radius 2 is 2.00 bits per heavy atom. The van der Waals surface area contributed by atoms with Crippen LogP contribution in [0.25, 0.3) is 0 Å². The van der Waals surface area contributed by atoms with Gasteiger partial charge in [-0.25, -0.2) is 0 Å². The molecule has 1 atom stereocenters. The Labute approximate surface area is 105 Å². The summed E-state index contributed by atoms with van der Waals surface area (Å²) in [6, 6.07) is -0.785. The minimum Gasteiger partial charge on any atom is -0.480 e. The molecule has 0 saturated heterocycles. The molecule has 0 saturated carbocycles. The predicted molar refractivity (Wildman–Crippen MR) is 62.5 cm³/mol. The average molecular weight is 270 g/mol. The normalized spacial score (nSPS) is 13.9. The average Bonchev–Trinajstić information content (AvgIpc) is 2.25. The van der Waals surface area contributed by atoms with Gasteiger partial charge in [-0.3, -0.25) is 9.69 Å². The highest BCUT2D eigenvalue weighted by Gasteiger charge is 2.30. The number of alkyl halides is 3. The zero-order valence-electron chi connectivity index (χ0n) is 10.8. The van der Waals surface area contributed by atoms with Gasteiger partial charge >= 0.3 is 12.1 Å². The second kappa shape index (κ2) is 8.31. The fraction of sp³-hybridized carbons (Fsp3) is 0.909. The van der Waals surface area contributed by atoms with Crippen LogP contribution < -0.4 is 5.32 Å². The van der Waals surface area contributed by atoms with Gasteiger partial charge in [0.05, 0.1) is 6.54 Å². The maximum Gasteiger partial charge on any atom is 0.401 e. The van der Waals surface area contributed by atoms with E-state index in [0.717, 1.165) is 6.42 Å². The summed E-state index contributed by atoms with van der Waals surface area (Å²) in [6.07, 6.45) is -3.30. The largest absolute Gasteiger partial charge is 0.480 e. The topological polar surface area (TPSA) is 52.6 Å². The fourth-order valence-corrected chi connectivity index (χ4v) is 1.55. The molecule has 0 aromatic rings. The monoisotopic (exact) mass is 270 g/mol. The SMILES string of the molecule is CCCNC(CCN(CC)CC(F)(F)F)C(=O)O. The van der Waals surface area contributed by atoms with Crippen LogP contribution in [0.1, 0.15) is 26.7 Å². The van der Waals surface area contributed by atoms with E-state index in [0.29, 0.717) is 6.54 Å².